The molecule has 0 spiro atoms. The highest BCUT2D eigenvalue weighted by Crippen LogP contribution is 2.43. The topological polar surface area (TPSA) is 106 Å². The van der Waals surface area contributed by atoms with E-state index in [-0.39, 0.29) is 11.3 Å². The zero-order chi connectivity index (χ0) is 22.1. The van der Waals surface area contributed by atoms with Gasteiger partial charge in [0.05, 0.1) is 30.4 Å². The molecular formula is C20H16F2N6O3S. The van der Waals surface area contributed by atoms with E-state index in [0.717, 1.165) is 5.75 Å². The van der Waals surface area contributed by atoms with Crippen molar-refractivity contribution in [1.29, 1.82) is 0 Å². The minimum absolute atomic E-state index is 0.00991. The maximum Gasteiger partial charge on any atom is 0.387 e. The summed E-state index contributed by atoms with van der Waals surface area (Å²) in [5.41, 5.74) is 2.14. The Morgan fingerprint density at radius 2 is 2.25 bits per heavy atom. The molecule has 0 saturated heterocycles. The number of halogens is 2. The Kier molecular flexibility index (Phi) is 5.35. The van der Waals surface area contributed by atoms with Crippen molar-refractivity contribution in [2.45, 2.75) is 12.4 Å². The largest absolute Gasteiger partial charge is 0.492 e. The Hall–Kier alpha value is -3.67. The van der Waals surface area contributed by atoms with Gasteiger partial charge in [-0.05, 0) is 18.2 Å². The number of carbonyl (C=O) groups is 1. The Bertz CT molecular complexity index is 1290. The van der Waals surface area contributed by atoms with Gasteiger partial charge in [0.1, 0.15) is 17.1 Å². The number of nitrogens with one attached hydrogen (secondary N) is 2. The number of hydrogen-bond donors (Lipinski definition) is 2. The van der Waals surface area contributed by atoms with E-state index in [1.807, 2.05) is 0 Å². The van der Waals surface area contributed by atoms with Gasteiger partial charge in [-0.3, -0.25) is 9.89 Å². The molecule has 1 aliphatic rings. The van der Waals surface area contributed by atoms with Gasteiger partial charge in [0.2, 0.25) is 0 Å². The fourth-order valence-electron chi connectivity index (χ4n) is 3.45. The second kappa shape index (κ2) is 8.46. The van der Waals surface area contributed by atoms with Crippen LogP contribution in [0.5, 0.6) is 11.5 Å². The molecule has 0 fully saturated rings. The fraction of sp³-hybridized carbons (Fsp3) is 0.200. The number of fused-ring (bicyclic) bond motifs is 2. The molecule has 0 atom stereocenters. The van der Waals surface area contributed by atoms with Crippen LogP contribution in [0, 0.1) is 0 Å². The molecule has 1 aromatic carbocycles. The number of ether oxygens (including phenoxy) is 2. The molecular weight excluding hydrogens is 442 g/mol. The van der Waals surface area contributed by atoms with Crippen molar-refractivity contribution in [3.8, 4) is 22.8 Å². The van der Waals surface area contributed by atoms with Gasteiger partial charge in [-0.2, -0.15) is 30.7 Å². The van der Waals surface area contributed by atoms with Gasteiger partial charge in [0.15, 0.2) is 5.65 Å². The number of nitrogens with zero attached hydrogens (tertiary/aromatic N) is 4. The monoisotopic (exact) mass is 458 g/mol. The van der Waals surface area contributed by atoms with Crippen LogP contribution in [0.15, 0.2) is 43.0 Å². The van der Waals surface area contributed by atoms with Gasteiger partial charge < -0.3 is 14.8 Å². The zero-order valence-electron chi connectivity index (χ0n) is 16.4. The molecule has 0 radical (unpaired) electrons. The Morgan fingerprint density at radius 1 is 1.34 bits per heavy atom. The molecule has 0 unspecified atom stereocenters. The highest BCUT2D eigenvalue weighted by Gasteiger charge is 2.25. The van der Waals surface area contributed by atoms with E-state index in [0.29, 0.717) is 46.3 Å². The number of amides is 1. The Morgan fingerprint density at radius 3 is 3.12 bits per heavy atom. The summed E-state index contributed by atoms with van der Waals surface area (Å²) >= 11 is 1.56. The number of aromatic amines is 1. The molecule has 5 rings (SSSR count). The minimum Gasteiger partial charge on any atom is -0.492 e. The number of rotatable bonds is 5. The standard InChI is InChI=1S/C20H16F2N6O3S/c21-20(22)31-17-11(2-3-15-13(17)10-32-7-6-30-15)16-14(9-24-27-16)26-19(29)12-8-25-28-5-1-4-23-18(12)28/h1-5,8-9,20H,6-7,10H2,(H,24,27)(H,26,29). The zero-order valence-corrected chi connectivity index (χ0v) is 17.2. The van der Waals surface area contributed by atoms with Gasteiger partial charge in [-0.15, -0.1) is 0 Å². The Labute approximate surface area is 184 Å². The van der Waals surface area contributed by atoms with Crippen LogP contribution in [0.2, 0.25) is 0 Å². The third-order valence-electron chi connectivity index (χ3n) is 4.84. The van der Waals surface area contributed by atoms with Crippen molar-refractivity contribution in [3.63, 3.8) is 0 Å². The summed E-state index contributed by atoms with van der Waals surface area (Å²) in [5.74, 6) is 1.21. The number of aromatic nitrogens is 5. The number of thioether (sulfide) groups is 1. The quantitative estimate of drug-likeness (QED) is 0.471. The predicted molar refractivity (Wildman–Crippen MR) is 113 cm³/mol. The molecule has 1 aliphatic heterocycles. The van der Waals surface area contributed by atoms with Crippen molar-refractivity contribution >= 4 is 29.0 Å². The van der Waals surface area contributed by atoms with Crippen molar-refractivity contribution in [3.05, 3.63) is 54.1 Å². The van der Waals surface area contributed by atoms with E-state index in [4.69, 9.17) is 9.47 Å². The van der Waals surface area contributed by atoms with Crippen molar-refractivity contribution in [2.75, 3.05) is 17.7 Å². The number of hydrogen-bond acceptors (Lipinski definition) is 7. The van der Waals surface area contributed by atoms with Crippen LogP contribution in [0.25, 0.3) is 16.9 Å². The summed E-state index contributed by atoms with van der Waals surface area (Å²) < 4.78 is 38.6. The van der Waals surface area contributed by atoms with Gasteiger partial charge in [0, 0.05) is 35.0 Å². The molecule has 9 nitrogen and oxygen atoms in total. The second-order valence-electron chi connectivity index (χ2n) is 6.76. The third kappa shape index (κ3) is 3.73. The van der Waals surface area contributed by atoms with E-state index < -0.39 is 12.5 Å². The van der Waals surface area contributed by atoms with Gasteiger partial charge >= 0.3 is 6.61 Å². The van der Waals surface area contributed by atoms with Crippen molar-refractivity contribution in [1.82, 2.24) is 24.8 Å². The van der Waals surface area contributed by atoms with Crippen LogP contribution in [0.4, 0.5) is 14.5 Å². The van der Waals surface area contributed by atoms with E-state index in [9.17, 15) is 13.6 Å². The maximum absolute atomic E-state index is 13.3. The summed E-state index contributed by atoms with van der Waals surface area (Å²) in [7, 11) is 0. The number of carbonyl (C=O) groups excluding carboxylic acids is 1. The molecule has 4 heterocycles. The van der Waals surface area contributed by atoms with Crippen molar-refractivity contribution < 1.29 is 23.0 Å². The molecule has 164 valence electrons. The summed E-state index contributed by atoms with van der Waals surface area (Å²) in [6, 6.07) is 5.00. The lowest BCUT2D eigenvalue weighted by Gasteiger charge is -2.17. The summed E-state index contributed by atoms with van der Waals surface area (Å²) in [4.78, 5) is 17.1. The highest BCUT2D eigenvalue weighted by atomic mass is 32.2. The lowest BCUT2D eigenvalue weighted by atomic mass is 10.0. The minimum atomic E-state index is -3.03. The van der Waals surface area contributed by atoms with Crippen LogP contribution < -0.4 is 14.8 Å². The molecule has 0 aliphatic carbocycles. The normalized spacial score (nSPS) is 13.5. The first-order valence-corrected chi connectivity index (χ1v) is 10.7. The van der Waals surface area contributed by atoms with Crippen LogP contribution >= 0.6 is 11.8 Å². The molecule has 0 bridgehead atoms. The first kappa shape index (κ1) is 20.2. The van der Waals surface area contributed by atoms with Gasteiger partial charge in [0.25, 0.3) is 5.91 Å². The van der Waals surface area contributed by atoms with Crippen LogP contribution in [0.3, 0.4) is 0 Å². The van der Waals surface area contributed by atoms with E-state index >= 15 is 0 Å². The van der Waals surface area contributed by atoms with Crippen LogP contribution in [-0.2, 0) is 5.75 Å². The Balaban J connectivity index is 1.53. The molecule has 12 heteroatoms. The average molecular weight is 458 g/mol. The highest BCUT2D eigenvalue weighted by molar-refractivity contribution is 7.98. The molecule has 32 heavy (non-hydrogen) atoms. The SMILES string of the molecule is O=C(Nc1cn[nH]c1-c1ccc2c(c1OC(F)F)CSCCO2)c1cnn2cccnc12. The summed E-state index contributed by atoms with van der Waals surface area (Å²) in [6.07, 6.45) is 6.03. The van der Waals surface area contributed by atoms with E-state index in [1.54, 1.807) is 42.4 Å². The summed E-state index contributed by atoms with van der Waals surface area (Å²) in [5, 5.41) is 13.6. The van der Waals surface area contributed by atoms with Gasteiger partial charge in [-0.1, -0.05) is 0 Å². The number of anilines is 1. The first-order chi connectivity index (χ1) is 15.6. The van der Waals surface area contributed by atoms with Crippen molar-refractivity contribution in [2.24, 2.45) is 0 Å². The second-order valence-corrected chi connectivity index (χ2v) is 7.86. The molecule has 4 aromatic rings. The maximum atomic E-state index is 13.3. The molecule has 1 amide bonds. The lowest BCUT2D eigenvalue weighted by molar-refractivity contribution is -0.0500. The average Bonchev–Trinajstić information content (AvgIpc) is 3.34. The fourth-order valence-corrected chi connectivity index (χ4v) is 4.27. The van der Waals surface area contributed by atoms with E-state index in [1.165, 1.54) is 16.9 Å². The molecule has 3 aromatic heterocycles. The number of H-pyrrole nitrogens is 1. The smallest absolute Gasteiger partial charge is 0.387 e. The van der Waals surface area contributed by atoms with Crippen LogP contribution in [0.1, 0.15) is 15.9 Å². The summed E-state index contributed by atoms with van der Waals surface area (Å²) in [6.45, 7) is -2.55. The lowest BCUT2D eigenvalue weighted by Crippen LogP contribution is -2.13. The first-order valence-electron chi connectivity index (χ1n) is 9.56. The number of benzene rings is 1. The number of alkyl halides is 2. The third-order valence-corrected chi connectivity index (χ3v) is 5.79. The van der Waals surface area contributed by atoms with E-state index in [2.05, 4.69) is 25.6 Å². The van der Waals surface area contributed by atoms with Gasteiger partial charge in [-0.25, -0.2) is 9.50 Å². The predicted octanol–water partition coefficient (Wildman–Crippen LogP) is 3.60. The molecule has 0 saturated carbocycles. The van der Waals surface area contributed by atoms with Crippen LogP contribution in [-0.4, -0.2) is 49.7 Å². The molecule has 2 N–H and O–H groups in total.